The molecule has 0 saturated heterocycles. The molecule has 0 radical (unpaired) electrons. The van der Waals surface area contributed by atoms with Gasteiger partial charge in [0.05, 0.1) is 0 Å². The van der Waals surface area contributed by atoms with Gasteiger partial charge in [0.2, 0.25) is 0 Å². The molecule has 0 saturated carbocycles. The molecule has 3 aromatic rings. The van der Waals surface area contributed by atoms with Crippen molar-refractivity contribution < 1.29 is 0 Å². The molecule has 2 aromatic carbocycles. The van der Waals surface area contributed by atoms with E-state index >= 15 is 0 Å². The van der Waals surface area contributed by atoms with E-state index in [4.69, 9.17) is 0 Å². The molecule has 0 amide bonds. The summed E-state index contributed by atoms with van der Waals surface area (Å²) in [4.78, 5) is 5.56. The van der Waals surface area contributed by atoms with Crippen LogP contribution in [0, 0.1) is 0 Å². The molecular formula is C21H16N2S. The number of para-hydroxylation sites is 1. The highest BCUT2D eigenvalue weighted by Gasteiger charge is 2.23. The van der Waals surface area contributed by atoms with Crippen molar-refractivity contribution in [3.05, 3.63) is 107 Å². The van der Waals surface area contributed by atoms with Gasteiger partial charge in [0.15, 0.2) is 0 Å². The Bertz CT molecular complexity index is 915. The molecule has 2 nitrogen and oxygen atoms in total. The standard InChI is InChI=1S/C21H16N2S/c1-15-21(24-19-13-7-8-14-22-19)20(16-9-3-2-4-10-16)17-11-5-6-12-18(17)23-15/h2-14,23H,1H2. The number of anilines is 1. The first-order valence-corrected chi connectivity index (χ1v) is 8.59. The zero-order chi connectivity index (χ0) is 16.4. The van der Waals surface area contributed by atoms with Gasteiger partial charge in [0, 0.05) is 33.6 Å². The number of aromatic nitrogens is 1. The maximum atomic E-state index is 4.45. The van der Waals surface area contributed by atoms with Crippen LogP contribution < -0.4 is 5.32 Å². The third-order valence-electron chi connectivity index (χ3n) is 3.89. The number of nitrogens with one attached hydrogen (secondary N) is 1. The minimum Gasteiger partial charge on any atom is -0.355 e. The normalized spacial score (nSPS) is 13.4. The minimum absolute atomic E-state index is 0.906. The highest BCUT2D eigenvalue weighted by molar-refractivity contribution is 8.03. The fourth-order valence-corrected chi connectivity index (χ4v) is 3.79. The highest BCUT2D eigenvalue weighted by Crippen LogP contribution is 2.45. The van der Waals surface area contributed by atoms with Gasteiger partial charge in [0.25, 0.3) is 0 Å². The minimum atomic E-state index is 0.906. The number of benzene rings is 2. The number of pyridine rings is 1. The Morgan fingerprint density at radius 3 is 2.38 bits per heavy atom. The number of hydrogen-bond donors (Lipinski definition) is 1. The summed E-state index contributed by atoms with van der Waals surface area (Å²) >= 11 is 1.65. The summed E-state index contributed by atoms with van der Waals surface area (Å²) in [6, 6.07) is 24.8. The lowest BCUT2D eigenvalue weighted by Crippen LogP contribution is -2.11. The first-order chi connectivity index (χ1) is 11.8. The summed E-state index contributed by atoms with van der Waals surface area (Å²) in [5, 5.41) is 4.39. The Hall–Kier alpha value is -2.78. The third kappa shape index (κ3) is 2.74. The molecule has 3 heteroatoms. The maximum absolute atomic E-state index is 4.45. The lowest BCUT2D eigenvalue weighted by atomic mass is 9.93. The smallest absolute Gasteiger partial charge is 0.101 e. The van der Waals surface area contributed by atoms with Crippen molar-refractivity contribution in [2.75, 3.05) is 5.32 Å². The number of fused-ring (bicyclic) bond motifs is 1. The molecule has 2 heterocycles. The summed E-state index contributed by atoms with van der Waals surface area (Å²) < 4.78 is 0. The van der Waals surface area contributed by atoms with Crippen molar-refractivity contribution in [2.45, 2.75) is 5.03 Å². The number of nitrogens with zero attached hydrogens (tertiary/aromatic N) is 1. The number of hydrogen-bond acceptors (Lipinski definition) is 3. The Kier molecular flexibility index (Phi) is 3.93. The van der Waals surface area contributed by atoms with Crippen molar-refractivity contribution in [1.82, 2.24) is 4.98 Å². The molecule has 4 rings (SSSR count). The van der Waals surface area contributed by atoms with Crippen molar-refractivity contribution in [1.29, 1.82) is 0 Å². The van der Waals surface area contributed by atoms with Crippen molar-refractivity contribution in [3.63, 3.8) is 0 Å². The topological polar surface area (TPSA) is 24.9 Å². The molecular weight excluding hydrogens is 312 g/mol. The van der Waals surface area contributed by atoms with E-state index in [1.807, 2.05) is 36.5 Å². The van der Waals surface area contributed by atoms with Crippen LogP contribution in [-0.4, -0.2) is 4.98 Å². The molecule has 0 atom stereocenters. The van der Waals surface area contributed by atoms with Gasteiger partial charge in [-0.1, -0.05) is 72.9 Å². The second-order valence-electron chi connectivity index (χ2n) is 5.49. The average molecular weight is 328 g/mol. The molecule has 24 heavy (non-hydrogen) atoms. The van der Waals surface area contributed by atoms with Crippen molar-refractivity contribution in [2.24, 2.45) is 0 Å². The molecule has 1 aromatic heterocycles. The first kappa shape index (κ1) is 14.8. The highest BCUT2D eigenvalue weighted by atomic mass is 32.2. The van der Waals surface area contributed by atoms with Gasteiger partial charge in [-0.15, -0.1) is 0 Å². The van der Waals surface area contributed by atoms with E-state index in [0.717, 1.165) is 21.3 Å². The van der Waals surface area contributed by atoms with Crippen LogP contribution in [0.4, 0.5) is 5.69 Å². The van der Waals surface area contributed by atoms with E-state index in [2.05, 4.69) is 59.3 Å². The zero-order valence-corrected chi connectivity index (χ0v) is 13.9. The summed E-state index contributed by atoms with van der Waals surface area (Å²) in [5.74, 6) is 0. The summed E-state index contributed by atoms with van der Waals surface area (Å²) in [6.07, 6.45) is 1.82. The van der Waals surface area contributed by atoms with E-state index < -0.39 is 0 Å². The van der Waals surface area contributed by atoms with Gasteiger partial charge >= 0.3 is 0 Å². The molecule has 1 N–H and O–H groups in total. The van der Waals surface area contributed by atoms with Crippen LogP contribution in [-0.2, 0) is 0 Å². The van der Waals surface area contributed by atoms with Crippen LogP contribution in [0.1, 0.15) is 11.1 Å². The number of thioether (sulfide) groups is 1. The molecule has 0 fully saturated rings. The van der Waals surface area contributed by atoms with Crippen LogP contribution >= 0.6 is 11.8 Å². The van der Waals surface area contributed by atoms with Crippen LogP contribution in [0.25, 0.3) is 5.57 Å². The van der Waals surface area contributed by atoms with Crippen LogP contribution in [0.3, 0.4) is 0 Å². The van der Waals surface area contributed by atoms with E-state index in [1.165, 1.54) is 16.7 Å². The lowest BCUT2D eigenvalue weighted by molar-refractivity contribution is 1.14. The second kappa shape index (κ2) is 6.38. The molecule has 0 bridgehead atoms. The molecule has 116 valence electrons. The monoisotopic (exact) mass is 328 g/mol. The van der Waals surface area contributed by atoms with Crippen molar-refractivity contribution >= 4 is 23.0 Å². The SMILES string of the molecule is C=C1Nc2ccccc2C(c2ccccc2)=C1Sc1ccccn1. The second-order valence-corrected chi connectivity index (χ2v) is 6.52. The van der Waals surface area contributed by atoms with Gasteiger partial charge in [0.1, 0.15) is 5.03 Å². The predicted octanol–water partition coefficient (Wildman–Crippen LogP) is 5.57. The fraction of sp³-hybridized carbons (Fsp3) is 0. The van der Waals surface area contributed by atoms with Gasteiger partial charge in [-0.2, -0.15) is 0 Å². The molecule has 0 aliphatic carbocycles. The van der Waals surface area contributed by atoms with E-state index in [9.17, 15) is 0 Å². The average Bonchev–Trinajstić information content (AvgIpc) is 2.64. The van der Waals surface area contributed by atoms with Crippen LogP contribution in [0.15, 0.2) is 101 Å². The molecule has 0 spiro atoms. The Morgan fingerprint density at radius 2 is 1.58 bits per heavy atom. The Labute approximate surface area is 146 Å². The van der Waals surface area contributed by atoms with Gasteiger partial charge in [-0.3, -0.25) is 0 Å². The van der Waals surface area contributed by atoms with Gasteiger partial charge in [-0.05, 0) is 23.8 Å². The Morgan fingerprint density at radius 1 is 0.833 bits per heavy atom. The van der Waals surface area contributed by atoms with E-state index in [1.54, 1.807) is 11.8 Å². The predicted molar refractivity (Wildman–Crippen MR) is 102 cm³/mol. The van der Waals surface area contributed by atoms with Gasteiger partial charge < -0.3 is 5.32 Å². The summed E-state index contributed by atoms with van der Waals surface area (Å²) in [7, 11) is 0. The quantitative estimate of drug-likeness (QED) is 0.680. The Balaban J connectivity index is 1.92. The molecule has 1 aliphatic heterocycles. The third-order valence-corrected chi connectivity index (χ3v) is 5.00. The molecule has 0 unspecified atom stereocenters. The van der Waals surface area contributed by atoms with E-state index in [0.29, 0.717) is 0 Å². The summed E-state index contributed by atoms with van der Waals surface area (Å²) in [6.45, 7) is 4.25. The number of rotatable bonds is 3. The van der Waals surface area contributed by atoms with Crippen LogP contribution in [0.5, 0.6) is 0 Å². The fourth-order valence-electron chi connectivity index (χ4n) is 2.82. The van der Waals surface area contributed by atoms with Gasteiger partial charge in [-0.25, -0.2) is 4.98 Å². The largest absolute Gasteiger partial charge is 0.355 e. The van der Waals surface area contributed by atoms with Crippen LogP contribution in [0.2, 0.25) is 0 Å². The first-order valence-electron chi connectivity index (χ1n) is 7.77. The summed E-state index contributed by atoms with van der Waals surface area (Å²) in [5.41, 5.74) is 5.57. The molecule has 1 aliphatic rings. The zero-order valence-electron chi connectivity index (χ0n) is 13.1. The lowest BCUT2D eigenvalue weighted by Gasteiger charge is -2.26. The van der Waals surface area contributed by atoms with E-state index in [-0.39, 0.29) is 0 Å². The maximum Gasteiger partial charge on any atom is 0.101 e. The van der Waals surface area contributed by atoms with Crippen molar-refractivity contribution in [3.8, 4) is 0 Å².